The lowest BCUT2D eigenvalue weighted by Gasteiger charge is -2.29. The maximum atomic E-state index is 2.38. The summed E-state index contributed by atoms with van der Waals surface area (Å²) in [6.45, 7) is 6.69. The summed E-state index contributed by atoms with van der Waals surface area (Å²) in [6, 6.07) is 19.5. The van der Waals surface area contributed by atoms with Crippen LogP contribution in [0.15, 0.2) is 60.7 Å². The van der Waals surface area contributed by atoms with Gasteiger partial charge in [0.05, 0.1) is 0 Å². The molecule has 0 atom stereocenters. The molecule has 0 unspecified atom stereocenters. The number of rotatable bonds is 5. The third-order valence-electron chi connectivity index (χ3n) is 4.28. The highest BCUT2D eigenvalue weighted by Crippen LogP contribution is 2.34. The molecule has 104 valence electrons. The van der Waals surface area contributed by atoms with Gasteiger partial charge in [-0.25, -0.2) is 0 Å². The van der Waals surface area contributed by atoms with Crippen LogP contribution in [-0.4, -0.2) is 0 Å². The van der Waals surface area contributed by atoms with Gasteiger partial charge < -0.3 is 0 Å². The molecule has 2 aromatic carbocycles. The molecule has 0 radical (unpaired) electrons. The van der Waals surface area contributed by atoms with Crippen molar-refractivity contribution in [2.75, 3.05) is 0 Å². The highest BCUT2D eigenvalue weighted by Gasteiger charge is 2.24. The van der Waals surface area contributed by atoms with E-state index in [2.05, 4.69) is 87.5 Å². The van der Waals surface area contributed by atoms with Crippen LogP contribution in [0.5, 0.6) is 0 Å². The third kappa shape index (κ3) is 3.19. The van der Waals surface area contributed by atoms with E-state index in [-0.39, 0.29) is 5.41 Å². The highest BCUT2D eigenvalue weighted by atomic mass is 14.3. The molecular weight excluding hydrogens is 240 g/mol. The summed E-state index contributed by atoms with van der Waals surface area (Å²) in [6.07, 6.45) is 6.88. The van der Waals surface area contributed by atoms with E-state index in [1.807, 2.05) is 0 Å². The Morgan fingerprint density at radius 2 is 1.45 bits per heavy atom. The Hall–Kier alpha value is -1.82. The minimum absolute atomic E-state index is 0.142. The van der Waals surface area contributed by atoms with Gasteiger partial charge in [0.15, 0.2) is 0 Å². The van der Waals surface area contributed by atoms with Crippen molar-refractivity contribution in [2.24, 2.45) is 0 Å². The fraction of sp³-hybridized carbons (Fsp3) is 0.300. The van der Waals surface area contributed by atoms with E-state index in [9.17, 15) is 0 Å². The van der Waals surface area contributed by atoms with Gasteiger partial charge in [-0.2, -0.15) is 0 Å². The molecular formula is C20H24. The first-order valence-corrected chi connectivity index (χ1v) is 7.51. The number of aryl methyl sites for hydroxylation is 1. The lowest BCUT2D eigenvalue weighted by atomic mass is 9.75. The van der Waals surface area contributed by atoms with Crippen LogP contribution in [0.4, 0.5) is 0 Å². The molecule has 2 rings (SSSR count). The summed E-state index contributed by atoms with van der Waals surface area (Å²) in [5.41, 5.74) is 4.15. The summed E-state index contributed by atoms with van der Waals surface area (Å²) in [7, 11) is 0. The predicted octanol–water partition coefficient (Wildman–Crippen LogP) is 5.77. The SMILES string of the molecule is CCC(/C=C\c1ccccc1)(CC)c1ccc(C)cc1. The van der Waals surface area contributed by atoms with Crippen LogP contribution in [0, 0.1) is 6.92 Å². The zero-order valence-corrected chi connectivity index (χ0v) is 12.8. The van der Waals surface area contributed by atoms with Crippen LogP contribution in [0.2, 0.25) is 0 Å². The van der Waals surface area contributed by atoms with Crippen LogP contribution in [-0.2, 0) is 5.41 Å². The Morgan fingerprint density at radius 1 is 0.850 bits per heavy atom. The second-order valence-corrected chi connectivity index (χ2v) is 5.47. The third-order valence-corrected chi connectivity index (χ3v) is 4.28. The van der Waals surface area contributed by atoms with Crippen molar-refractivity contribution in [3.8, 4) is 0 Å². The average Bonchev–Trinajstić information content (AvgIpc) is 2.51. The van der Waals surface area contributed by atoms with E-state index in [1.165, 1.54) is 16.7 Å². The number of hydrogen-bond acceptors (Lipinski definition) is 0. The van der Waals surface area contributed by atoms with Crippen molar-refractivity contribution in [1.29, 1.82) is 0 Å². The van der Waals surface area contributed by atoms with Gasteiger partial charge in [-0.15, -0.1) is 0 Å². The van der Waals surface area contributed by atoms with Gasteiger partial charge in [0.25, 0.3) is 0 Å². The van der Waals surface area contributed by atoms with Crippen LogP contribution < -0.4 is 0 Å². The lowest BCUT2D eigenvalue weighted by Crippen LogP contribution is -2.21. The molecule has 0 spiro atoms. The first kappa shape index (κ1) is 14.6. The summed E-state index contributed by atoms with van der Waals surface area (Å²) in [4.78, 5) is 0. The molecule has 0 amide bonds. The molecule has 20 heavy (non-hydrogen) atoms. The van der Waals surface area contributed by atoms with Crippen LogP contribution in [0.1, 0.15) is 43.4 Å². The van der Waals surface area contributed by atoms with E-state index >= 15 is 0 Å². The Balaban J connectivity index is 2.34. The van der Waals surface area contributed by atoms with Crippen molar-refractivity contribution in [2.45, 2.75) is 39.0 Å². The number of allylic oxidation sites excluding steroid dienone is 1. The monoisotopic (exact) mass is 264 g/mol. The van der Waals surface area contributed by atoms with E-state index in [1.54, 1.807) is 0 Å². The molecule has 0 saturated heterocycles. The van der Waals surface area contributed by atoms with Gasteiger partial charge in [0.2, 0.25) is 0 Å². The minimum Gasteiger partial charge on any atom is -0.0734 e. The van der Waals surface area contributed by atoms with E-state index in [0.717, 1.165) is 12.8 Å². The largest absolute Gasteiger partial charge is 0.0734 e. The Kier molecular flexibility index (Phi) is 4.79. The maximum absolute atomic E-state index is 2.38. The minimum atomic E-state index is 0.142. The molecule has 0 nitrogen and oxygen atoms in total. The van der Waals surface area contributed by atoms with Gasteiger partial charge in [-0.05, 0) is 30.9 Å². The van der Waals surface area contributed by atoms with Crippen molar-refractivity contribution >= 4 is 6.08 Å². The molecule has 0 N–H and O–H groups in total. The zero-order chi connectivity index (χ0) is 14.4. The quantitative estimate of drug-likeness (QED) is 0.643. The van der Waals surface area contributed by atoms with Gasteiger partial charge in [0, 0.05) is 5.41 Å². The molecule has 0 saturated carbocycles. The average molecular weight is 264 g/mol. The van der Waals surface area contributed by atoms with Crippen molar-refractivity contribution in [3.05, 3.63) is 77.4 Å². The Labute approximate surface area is 123 Å². The van der Waals surface area contributed by atoms with E-state index < -0.39 is 0 Å². The zero-order valence-electron chi connectivity index (χ0n) is 12.8. The van der Waals surface area contributed by atoms with Gasteiger partial charge in [0.1, 0.15) is 0 Å². The van der Waals surface area contributed by atoms with Crippen molar-refractivity contribution in [3.63, 3.8) is 0 Å². The molecule has 0 aliphatic heterocycles. The lowest BCUT2D eigenvalue weighted by molar-refractivity contribution is 0.499. The molecule has 2 aromatic rings. The number of benzene rings is 2. The molecule has 0 heteroatoms. The maximum Gasteiger partial charge on any atom is 0.0130 e. The highest BCUT2D eigenvalue weighted by molar-refractivity contribution is 5.52. The first-order chi connectivity index (χ1) is 9.70. The second-order valence-electron chi connectivity index (χ2n) is 5.47. The fourth-order valence-electron chi connectivity index (χ4n) is 2.70. The molecule has 0 aromatic heterocycles. The molecule has 0 fully saturated rings. The molecule has 0 aliphatic rings. The summed E-state index contributed by atoms with van der Waals surface area (Å²) in [5, 5.41) is 0. The van der Waals surface area contributed by atoms with E-state index in [0.29, 0.717) is 0 Å². The van der Waals surface area contributed by atoms with Crippen LogP contribution in [0.3, 0.4) is 0 Å². The summed E-state index contributed by atoms with van der Waals surface area (Å²) < 4.78 is 0. The number of hydrogen-bond donors (Lipinski definition) is 0. The predicted molar refractivity (Wildman–Crippen MR) is 88.9 cm³/mol. The summed E-state index contributed by atoms with van der Waals surface area (Å²) in [5.74, 6) is 0. The van der Waals surface area contributed by atoms with Gasteiger partial charge in [-0.3, -0.25) is 0 Å². The van der Waals surface area contributed by atoms with Crippen molar-refractivity contribution in [1.82, 2.24) is 0 Å². The normalized spacial score (nSPS) is 11.9. The molecule has 0 bridgehead atoms. The van der Waals surface area contributed by atoms with E-state index in [4.69, 9.17) is 0 Å². The van der Waals surface area contributed by atoms with Crippen LogP contribution in [0.25, 0.3) is 6.08 Å². The summed E-state index contributed by atoms with van der Waals surface area (Å²) >= 11 is 0. The second kappa shape index (κ2) is 6.56. The Morgan fingerprint density at radius 3 is 2.00 bits per heavy atom. The Bertz CT molecular complexity index is 542. The smallest absolute Gasteiger partial charge is 0.0130 e. The standard InChI is InChI=1S/C20H24/c1-4-20(5-2,19-13-11-17(3)12-14-19)16-15-18-9-7-6-8-10-18/h6-16H,4-5H2,1-3H3/b16-15-. The fourth-order valence-corrected chi connectivity index (χ4v) is 2.70. The van der Waals surface area contributed by atoms with Gasteiger partial charge in [-0.1, -0.05) is 86.2 Å². The molecule has 0 heterocycles. The van der Waals surface area contributed by atoms with Gasteiger partial charge >= 0.3 is 0 Å². The van der Waals surface area contributed by atoms with Crippen LogP contribution >= 0.6 is 0 Å². The first-order valence-electron chi connectivity index (χ1n) is 7.51. The van der Waals surface area contributed by atoms with Crippen molar-refractivity contribution < 1.29 is 0 Å². The topological polar surface area (TPSA) is 0 Å². The molecule has 0 aliphatic carbocycles.